The van der Waals surface area contributed by atoms with E-state index < -0.39 is 17.8 Å². The second-order valence-electron chi connectivity index (χ2n) is 6.20. The molecular weight excluding hydrogens is 337 g/mol. The summed E-state index contributed by atoms with van der Waals surface area (Å²) in [6.07, 6.45) is 2.08. The zero-order chi connectivity index (χ0) is 18.3. The highest BCUT2D eigenvalue weighted by atomic mass is 19.1. The fourth-order valence-corrected chi connectivity index (χ4v) is 3.01. The average molecular weight is 351 g/mol. The van der Waals surface area contributed by atoms with E-state index in [2.05, 4.69) is 15.3 Å². The van der Waals surface area contributed by atoms with E-state index in [0.717, 1.165) is 6.42 Å². The molecule has 1 saturated carbocycles. The van der Waals surface area contributed by atoms with Crippen molar-refractivity contribution in [2.24, 2.45) is 16.6 Å². The third-order valence-electron chi connectivity index (χ3n) is 4.42. The summed E-state index contributed by atoms with van der Waals surface area (Å²) in [7, 11) is 0. The SMILES string of the molecule is N#Cc1ccc(C(=O)Nc2ccc(F)c([C@H]3N=C(N)O[C@@H]4CC34)c2)nc1. The minimum Gasteiger partial charge on any atom is -0.462 e. The van der Waals surface area contributed by atoms with Crippen molar-refractivity contribution in [2.75, 3.05) is 5.32 Å². The van der Waals surface area contributed by atoms with Gasteiger partial charge in [-0.2, -0.15) is 5.26 Å². The van der Waals surface area contributed by atoms with E-state index in [0.29, 0.717) is 16.8 Å². The lowest BCUT2D eigenvalue weighted by Gasteiger charge is -2.20. The number of pyridine rings is 1. The maximum Gasteiger partial charge on any atom is 0.282 e. The number of aliphatic imine (C=N–C) groups is 1. The van der Waals surface area contributed by atoms with E-state index in [1.165, 1.54) is 30.5 Å². The van der Waals surface area contributed by atoms with Gasteiger partial charge in [-0.05, 0) is 36.8 Å². The minimum atomic E-state index is -0.452. The summed E-state index contributed by atoms with van der Waals surface area (Å²) < 4.78 is 19.6. The van der Waals surface area contributed by atoms with E-state index in [1.807, 2.05) is 6.07 Å². The topological polar surface area (TPSA) is 113 Å². The predicted octanol–water partition coefficient (Wildman–Crippen LogP) is 2.12. The Morgan fingerprint density at radius 1 is 1.38 bits per heavy atom. The highest BCUT2D eigenvalue weighted by Gasteiger charge is 2.50. The number of amidine groups is 1. The Morgan fingerprint density at radius 2 is 2.23 bits per heavy atom. The minimum absolute atomic E-state index is 0.0157. The van der Waals surface area contributed by atoms with Crippen LogP contribution in [0.5, 0.6) is 0 Å². The smallest absolute Gasteiger partial charge is 0.282 e. The lowest BCUT2D eigenvalue weighted by atomic mass is 10.0. The number of aromatic nitrogens is 1. The number of hydrogen-bond donors (Lipinski definition) is 2. The molecule has 1 amide bonds. The molecule has 3 atom stereocenters. The number of ether oxygens (including phenoxy) is 1. The van der Waals surface area contributed by atoms with Crippen molar-refractivity contribution >= 4 is 17.6 Å². The Hall–Kier alpha value is -3.47. The summed E-state index contributed by atoms with van der Waals surface area (Å²) in [5, 5.41) is 11.5. The van der Waals surface area contributed by atoms with Crippen molar-refractivity contribution in [2.45, 2.75) is 18.6 Å². The summed E-state index contributed by atoms with van der Waals surface area (Å²) in [6, 6.07) is 8.85. The number of nitrogens with one attached hydrogen (secondary N) is 1. The van der Waals surface area contributed by atoms with Crippen LogP contribution in [0.1, 0.15) is 34.1 Å². The van der Waals surface area contributed by atoms with E-state index in [-0.39, 0.29) is 23.7 Å². The first-order chi connectivity index (χ1) is 12.5. The zero-order valence-electron chi connectivity index (χ0n) is 13.5. The first-order valence-corrected chi connectivity index (χ1v) is 8.02. The van der Waals surface area contributed by atoms with Gasteiger partial charge in [0.1, 0.15) is 23.7 Å². The Balaban J connectivity index is 1.57. The number of anilines is 1. The van der Waals surface area contributed by atoms with Gasteiger partial charge in [0.15, 0.2) is 0 Å². The summed E-state index contributed by atoms with van der Waals surface area (Å²) >= 11 is 0. The highest BCUT2D eigenvalue weighted by molar-refractivity contribution is 6.02. The lowest BCUT2D eigenvalue weighted by Crippen LogP contribution is -2.25. The second kappa shape index (κ2) is 6.11. The van der Waals surface area contributed by atoms with Crippen LogP contribution < -0.4 is 11.1 Å². The van der Waals surface area contributed by atoms with Gasteiger partial charge >= 0.3 is 0 Å². The maximum absolute atomic E-state index is 14.3. The van der Waals surface area contributed by atoms with E-state index in [4.69, 9.17) is 15.7 Å². The fourth-order valence-electron chi connectivity index (χ4n) is 3.01. The predicted molar refractivity (Wildman–Crippen MR) is 90.6 cm³/mol. The molecule has 0 saturated heterocycles. The van der Waals surface area contributed by atoms with Gasteiger partial charge in [-0.25, -0.2) is 14.4 Å². The molecule has 0 spiro atoms. The molecule has 3 N–H and O–H groups in total. The first kappa shape index (κ1) is 16.0. The molecule has 1 aromatic heterocycles. The fraction of sp³-hybridized carbons (Fsp3) is 0.222. The molecule has 26 heavy (non-hydrogen) atoms. The van der Waals surface area contributed by atoms with Gasteiger partial charge in [0, 0.05) is 23.4 Å². The quantitative estimate of drug-likeness (QED) is 0.879. The molecule has 130 valence electrons. The monoisotopic (exact) mass is 351 g/mol. The molecular formula is C18H14FN5O2. The highest BCUT2D eigenvalue weighted by Crippen LogP contribution is 2.49. The molecule has 2 aromatic rings. The summed E-state index contributed by atoms with van der Waals surface area (Å²) in [4.78, 5) is 20.4. The Bertz CT molecular complexity index is 951. The molecule has 8 heteroatoms. The van der Waals surface area contributed by atoms with Gasteiger partial charge < -0.3 is 15.8 Å². The number of nitriles is 1. The maximum atomic E-state index is 14.3. The van der Waals surface area contributed by atoms with Crippen LogP contribution >= 0.6 is 0 Å². The van der Waals surface area contributed by atoms with Gasteiger partial charge in [-0.15, -0.1) is 0 Å². The summed E-state index contributed by atoms with van der Waals surface area (Å²) in [6.45, 7) is 0. The largest absolute Gasteiger partial charge is 0.462 e. The van der Waals surface area contributed by atoms with E-state index in [1.54, 1.807) is 6.07 Å². The van der Waals surface area contributed by atoms with Gasteiger partial charge in [0.25, 0.3) is 11.9 Å². The number of halogens is 1. The Labute approximate surface area is 148 Å². The lowest BCUT2D eigenvalue weighted by molar-refractivity contribution is 0.102. The number of rotatable bonds is 3. The van der Waals surface area contributed by atoms with Crippen LogP contribution in [-0.4, -0.2) is 23.0 Å². The standard InChI is InChI=1S/C18H14FN5O2/c19-13-3-2-10(23-17(25)14-4-1-9(7-20)8-22-14)5-11(13)16-12-6-15(12)26-18(21)24-16/h1-5,8,12,15-16H,6H2,(H2,21,24)(H,23,25)/t12?,15-,16-/m1/s1. The third kappa shape index (κ3) is 2.95. The number of nitrogens with zero attached hydrogens (tertiary/aromatic N) is 3. The molecule has 1 fully saturated rings. The van der Waals surface area contributed by atoms with Gasteiger partial charge in [-0.3, -0.25) is 4.79 Å². The van der Waals surface area contributed by atoms with Crippen LogP contribution in [0.2, 0.25) is 0 Å². The molecule has 1 unspecified atom stereocenters. The normalized spacial score (nSPS) is 23.1. The van der Waals surface area contributed by atoms with Crippen LogP contribution in [0.4, 0.5) is 10.1 Å². The van der Waals surface area contributed by atoms with Crippen LogP contribution in [0.15, 0.2) is 41.5 Å². The number of benzene rings is 1. The summed E-state index contributed by atoms with van der Waals surface area (Å²) in [5.41, 5.74) is 6.97. The van der Waals surface area contributed by atoms with Crippen molar-refractivity contribution in [1.82, 2.24) is 4.98 Å². The molecule has 0 bridgehead atoms. The number of hydrogen-bond acceptors (Lipinski definition) is 6. The number of carbonyl (C=O) groups is 1. The molecule has 2 heterocycles. The zero-order valence-corrected chi connectivity index (χ0v) is 13.5. The van der Waals surface area contributed by atoms with E-state index in [9.17, 15) is 9.18 Å². The van der Waals surface area contributed by atoms with E-state index >= 15 is 0 Å². The van der Waals surface area contributed by atoms with Crippen molar-refractivity contribution in [3.8, 4) is 6.07 Å². The van der Waals surface area contributed by atoms with Crippen molar-refractivity contribution in [3.63, 3.8) is 0 Å². The molecule has 1 aliphatic heterocycles. The number of fused-ring (bicyclic) bond motifs is 1. The average Bonchev–Trinajstić information content (AvgIpc) is 3.42. The van der Waals surface area contributed by atoms with Crippen LogP contribution in [0.25, 0.3) is 0 Å². The molecule has 1 aliphatic carbocycles. The van der Waals surface area contributed by atoms with Crippen molar-refractivity contribution in [1.29, 1.82) is 5.26 Å². The Kier molecular flexibility index (Phi) is 3.77. The number of carbonyl (C=O) groups excluding carboxylic acids is 1. The first-order valence-electron chi connectivity index (χ1n) is 8.02. The number of nitrogens with two attached hydrogens (primary N) is 1. The van der Waals surface area contributed by atoms with Gasteiger partial charge in [0.2, 0.25) is 0 Å². The van der Waals surface area contributed by atoms with Crippen LogP contribution in [0.3, 0.4) is 0 Å². The van der Waals surface area contributed by atoms with Crippen molar-refractivity contribution in [3.05, 3.63) is 59.2 Å². The van der Waals surface area contributed by atoms with Crippen LogP contribution in [0, 0.1) is 23.1 Å². The Morgan fingerprint density at radius 3 is 2.96 bits per heavy atom. The number of amides is 1. The van der Waals surface area contributed by atoms with Gasteiger partial charge in [0.05, 0.1) is 11.6 Å². The van der Waals surface area contributed by atoms with Crippen molar-refractivity contribution < 1.29 is 13.9 Å². The molecule has 1 aromatic carbocycles. The third-order valence-corrected chi connectivity index (χ3v) is 4.42. The molecule has 2 aliphatic rings. The molecule has 4 rings (SSSR count). The summed E-state index contributed by atoms with van der Waals surface area (Å²) in [5.74, 6) is -0.761. The molecule has 0 radical (unpaired) electrons. The second-order valence-corrected chi connectivity index (χ2v) is 6.20. The molecule has 7 nitrogen and oxygen atoms in total. The van der Waals surface area contributed by atoms with Gasteiger partial charge in [-0.1, -0.05) is 0 Å². The van der Waals surface area contributed by atoms with Crippen LogP contribution in [-0.2, 0) is 4.74 Å².